The third-order valence-electron chi connectivity index (χ3n) is 7.31. The standard InChI is InChI=1S/C31H39N3O4/c1-37-21-20-33(23-28-14-9-19-32(28)22-25-10-5-3-6-11-25)30(35)24-34(27-12-7-4-8-13-27)31(36)26-15-17-29(38-2)18-16-26/h3,5-6,9-11,14-19,27H,4,7-8,12-13,20-24H2,1-2H3. The molecule has 4 rings (SSSR count). The number of rotatable bonds is 12. The van der Waals surface area contributed by atoms with E-state index < -0.39 is 0 Å². The Labute approximate surface area is 226 Å². The smallest absolute Gasteiger partial charge is 0.254 e. The molecule has 2 amide bonds. The Kier molecular flexibility index (Phi) is 9.98. The highest BCUT2D eigenvalue weighted by Gasteiger charge is 2.30. The summed E-state index contributed by atoms with van der Waals surface area (Å²) in [4.78, 5) is 31.1. The van der Waals surface area contributed by atoms with Crippen molar-refractivity contribution in [1.82, 2.24) is 14.4 Å². The number of ether oxygens (including phenoxy) is 2. The number of carbonyl (C=O) groups excluding carboxylic acids is 2. The summed E-state index contributed by atoms with van der Waals surface area (Å²) in [5.74, 6) is 0.528. The number of methoxy groups -OCH3 is 2. The van der Waals surface area contributed by atoms with Crippen LogP contribution in [0.5, 0.6) is 5.75 Å². The van der Waals surface area contributed by atoms with Gasteiger partial charge in [0.2, 0.25) is 5.91 Å². The molecule has 0 aliphatic heterocycles. The monoisotopic (exact) mass is 517 g/mol. The second-order valence-electron chi connectivity index (χ2n) is 9.87. The van der Waals surface area contributed by atoms with Crippen LogP contribution in [0.15, 0.2) is 72.9 Å². The highest BCUT2D eigenvalue weighted by atomic mass is 16.5. The molecular formula is C31H39N3O4. The maximum absolute atomic E-state index is 13.8. The van der Waals surface area contributed by atoms with E-state index >= 15 is 0 Å². The molecule has 0 saturated heterocycles. The number of benzene rings is 2. The van der Waals surface area contributed by atoms with E-state index in [1.165, 1.54) is 12.0 Å². The minimum absolute atomic E-state index is 0.0542. The van der Waals surface area contributed by atoms with Crippen molar-refractivity contribution in [3.8, 4) is 5.75 Å². The zero-order valence-electron chi connectivity index (χ0n) is 22.6. The minimum atomic E-state index is -0.105. The lowest BCUT2D eigenvalue weighted by Crippen LogP contribution is -2.48. The maximum atomic E-state index is 13.8. The molecule has 1 aliphatic rings. The third kappa shape index (κ3) is 7.25. The van der Waals surface area contributed by atoms with Crippen molar-refractivity contribution in [2.24, 2.45) is 0 Å². The van der Waals surface area contributed by atoms with E-state index in [4.69, 9.17) is 9.47 Å². The molecule has 0 radical (unpaired) electrons. The highest BCUT2D eigenvalue weighted by molar-refractivity contribution is 5.96. The number of aromatic nitrogens is 1. The van der Waals surface area contributed by atoms with Gasteiger partial charge in [0, 0.05) is 43.7 Å². The summed E-state index contributed by atoms with van der Waals surface area (Å²) in [5.41, 5.74) is 2.82. The first-order chi connectivity index (χ1) is 18.6. The number of hydrogen-bond donors (Lipinski definition) is 0. The normalized spacial score (nSPS) is 13.7. The van der Waals surface area contributed by atoms with Gasteiger partial charge in [-0.25, -0.2) is 0 Å². The molecule has 0 spiro atoms. The van der Waals surface area contributed by atoms with Crippen LogP contribution in [0.4, 0.5) is 0 Å². The molecular weight excluding hydrogens is 478 g/mol. The predicted molar refractivity (Wildman–Crippen MR) is 148 cm³/mol. The molecule has 202 valence electrons. The fourth-order valence-electron chi connectivity index (χ4n) is 5.12. The van der Waals surface area contributed by atoms with E-state index in [1.807, 2.05) is 35.4 Å². The molecule has 0 atom stereocenters. The zero-order chi connectivity index (χ0) is 26.7. The van der Waals surface area contributed by atoms with Crippen LogP contribution in [0, 0.1) is 0 Å². The second kappa shape index (κ2) is 13.8. The van der Waals surface area contributed by atoms with Crippen molar-refractivity contribution in [3.63, 3.8) is 0 Å². The van der Waals surface area contributed by atoms with Crippen molar-refractivity contribution in [2.45, 2.75) is 51.2 Å². The van der Waals surface area contributed by atoms with Gasteiger partial charge < -0.3 is 23.8 Å². The average Bonchev–Trinajstić information content (AvgIpc) is 3.40. The Morgan fingerprint density at radius 3 is 2.34 bits per heavy atom. The summed E-state index contributed by atoms with van der Waals surface area (Å²) in [7, 11) is 3.25. The molecule has 38 heavy (non-hydrogen) atoms. The van der Waals surface area contributed by atoms with Crippen molar-refractivity contribution in [3.05, 3.63) is 89.7 Å². The predicted octanol–water partition coefficient (Wildman–Crippen LogP) is 5.00. The summed E-state index contributed by atoms with van der Waals surface area (Å²) >= 11 is 0. The summed E-state index contributed by atoms with van der Waals surface area (Å²) in [6, 6.07) is 21.6. The van der Waals surface area contributed by atoms with Gasteiger partial charge in [0.25, 0.3) is 5.91 Å². The zero-order valence-corrected chi connectivity index (χ0v) is 22.6. The quantitative estimate of drug-likeness (QED) is 0.339. The summed E-state index contributed by atoms with van der Waals surface area (Å²) in [6.07, 6.45) is 7.22. The molecule has 2 aromatic carbocycles. The summed E-state index contributed by atoms with van der Waals surface area (Å²) in [5, 5.41) is 0. The number of amides is 2. The van der Waals surface area contributed by atoms with Gasteiger partial charge >= 0.3 is 0 Å². The largest absolute Gasteiger partial charge is 0.497 e. The van der Waals surface area contributed by atoms with Crippen molar-refractivity contribution in [1.29, 1.82) is 0 Å². The Morgan fingerprint density at radius 2 is 1.66 bits per heavy atom. The van der Waals surface area contributed by atoms with Crippen LogP contribution < -0.4 is 4.74 Å². The molecule has 0 unspecified atom stereocenters. The average molecular weight is 518 g/mol. The minimum Gasteiger partial charge on any atom is -0.497 e. The number of carbonyl (C=O) groups is 2. The van der Waals surface area contributed by atoms with Gasteiger partial charge in [0.05, 0.1) is 20.3 Å². The van der Waals surface area contributed by atoms with Gasteiger partial charge in [0.1, 0.15) is 12.3 Å². The molecule has 3 aromatic rings. The third-order valence-corrected chi connectivity index (χ3v) is 7.31. The van der Waals surface area contributed by atoms with E-state index in [1.54, 1.807) is 43.4 Å². The fourth-order valence-corrected chi connectivity index (χ4v) is 5.12. The van der Waals surface area contributed by atoms with Gasteiger partial charge in [-0.2, -0.15) is 0 Å². The maximum Gasteiger partial charge on any atom is 0.254 e. The van der Waals surface area contributed by atoms with Crippen LogP contribution in [-0.2, 0) is 22.6 Å². The van der Waals surface area contributed by atoms with Crippen LogP contribution >= 0.6 is 0 Å². The van der Waals surface area contributed by atoms with Gasteiger partial charge in [-0.15, -0.1) is 0 Å². The Balaban J connectivity index is 1.52. The molecule has 7 heteroatoms. The first-order valence-electron chi connectivity index (χ1n) is 13.5. The molecule has 1 fully saturated rings. The molecule has 1 aromatic heterocycles. The topological polar surface area (TPSA) is 64.0 Å². The van der Waals surface area contributed by atoms with Crippen LogP contribution in [0.2, 0.25) is 0 Å². The first-order valence-corrected chi connectivity index (χ1v) is 13.5. The molecule has 7 nitrogen and oxygen atoms in total. The molecule has 1 aliphatic carbocycles. The Hall–Kier alpha value is -3.58. The lowest BCUT2D eigenvalue weighted by Gasteiger charge is -2.35. The van der Waals surface area contributed by atoms with Gasteiger partial charge in [-0.05, 0) is 54.8 Å². The number of hydrogen-bond acceptors (Lipinski definition) is 4. The molecule has 0 N–H and O–H groups in total. The summed E-state index contributed by atoms with van der Waals surface area (Å²) < 4.78 is 12.8. The lowest BCUT2D eigenvalue weighted by atomic mass is 9.93. The molecule has 1 saturated carbocycles. The van der Waals surface area contributed by atoms with E-state index in [-0.39, 0.29) is 24.4 Å². The van der Waals surface area contributed by atoms with E-state index in [2.05, 4.69) is 22.8 Å². The van der Waals surface area contributed by atoms with Crippen molar-refractivity contribution in [2.75, 3.05) is 33.9 Å². The van der Waals surface area contributed by atoms with Gasteiger partial charge in [-0.1, -0.05) is 49.6 Å². The highest BCUT2D eigenvalue weighted by Crippen LogP contribution is 2.25. The Morgan fingerprint density at radius 1 is 0.921 bits per heavy atom. The van der Waals surface area contributed by atoms with Crippen LogP contribution in [0.1, 0.15) is 53.7 Å². The fraction of sp³-hybridized carbons (Fsp3) is 0.419. The molecule has 1 heterocycles. The van der Waals surface area contributed by atoms with Gasteiger partial charge in [0.15, 0.2) is 0 Å². The van der Waals surface area contributed by atoms with Crippen LogP contribution in [-0.4, -0.2) is 66.1 Å². The first kappa shape index (κ1) is 27.5. The van der Waals surface area contributed by atoms with Crippen molar-refractivity contribution >= 4 is 11.8 Å². The SMILES string of the molecule is COCCN(Cc1cccn1Cc1ccccc1)C(=O)CN(C(=O)c1ccc(OC)cc1)C1CCCCC1. The van der Waals surface area contributed by atoms with Crippen LogP contribution in [0.3, 0.4) is 0 Å². The Bertz CT molecular complexity index is 1150. The van der Waals surface area contributed by atoms with E-state index in [0.717, 1.165) is 37.9 Å². The number of nitrogens with zero attached hydrogens (tertiary/aromatic N) is 3. The van der Waals surface area contributed by atoms with Gasteiger partial charge in [-0.3, -0.25) is 9.59 Å². The second-order valence-corrected chi connectivity index (χ2v) is 9.87. The van der Waals surface area contributed by atoms with Crippen molar-refractivity contribution < 1.29 is 19.1 Å². The van der Waals surface area contributed by atoms with E-state index in [9.17, 15) is 9.59 Å². The van der Waals surface area contributed by atoms with E-state index in [0.29, 0.717) is 31.0 Å². The molecule has 0 bridgehead atoms. The lowest BCUT2D eigenvalue weighted by molar-refractivity contribution is -0.133. The van der Waals surface area contributed by atoms with Crippen LogP contribution in [0.25, 0.3) is 0 Å². The summed E-state index contributed by atoms with van der Waals surface area (Å²) in [6.45, 7) is 2.14.